The molecule has 20 heavy (non-hydrogen) atoms. The fourth-order valence-corrected chi connectivity index (χ4v) is 2.93. The molecule has 1 aliphatic heterocycles. The lowest BCUT2D eigenvalue weighted by atomic mass is 10.2. The van der Waals surface area contributed by atoms with Gasteiger partial charge in [0.1, 0.15) is 0 Å². The Labute approximate surface area is 132 Å². The molecule has 0 radical (unpaired) electrons. The van der Waals surface area contributed by atoms with E-state index in [1.54, 1.807) is 6.07 Å². The highest BCUT2D eigenvalue weighted by Gasteiger charge is 2.14. The molecule has 110 valence electrons. The van der Waals surface area contributed by atoms with Crippen molar-refractivity contribution in [2.75, 3.05) is 51.2 Å². The Morgan fingerprint density at radius 3 is 2.75 bits per heavy atom. The number of piperazine rings is 1. The molecule has 1 aromatic carbocycles. The summed E-state index contributed by atoms with van der Waals surface area (Å²) in [5, 5.41) is 14.1. The van der Waals surface area contributed by atoms with Gasteiger partial charge in [-0.05, 0) is 34.7 Å². The number of nitrogens with zero attached hydrogens (tertiary/aromatic N) is 3. The number of nitro benzene ring substituents is 1. The van der Waals surface area contributed by atoms with Crippen molar-refractivity contribution in [3.8, 4) is 0 Å². The van der Waals surface area contributed by atoms with Crippen LogP contribution in [0.5, 0.6) is 0 Å². The van der Waals surface area contributed by atoms with E-state index in [1.807, 2.05) is 41.8 Å². The predicted molar refractivity (Wildman–Crippen MR) is 88.4 cm³/mol. The molecule has 1 saturated heterocycles. The Hall–Kier alpha value is -0.930. The Morgan fingerprint density at radius 1 is 1.45 bits per heavy atom. The average molecular weight is 390 g/mol. The summed E-state index contributed by atoms with van der Waals surface area (Å²) in [5.41, 5.74) is 1.19. The number of anilines is 1. The topological polar surface area (TPSA) is 61.6 Å². The fourth-order valence-electron chi connectivity index (χ4n) is 2.24. The summed E-state index contributed by atoms with van der Waals surface area (Å²) in [6.45, 7) is 6.23. The van der Waals surface area contributed by atoms with Gasteiger partial charge in [-0.2, -0.15) is 0 Å². The zero-order chi connectivity index (χ0) is 14.5. The van der Waals surface area contributed by atoms with Crippen molar-refractivity contribution in [2.45, 2.75) is 0 Å². The van der Waals surface area contributed by atoms with E-state index in [4.69, 9.17) is 0 Å². The molecule has 0 aromatic heterocycles. The van der Waals surface area contributed by atoms with Crippen LogP contribution in [-0.4, -0.2) is 56.1 Å². The minimum Gasteiger partial charge on any atom is -0.373 e. The molecule has 0 unspecified atom stereocenters. The minimum absolute atomic E-state index is 0.171. The largest absolute Gasteiger partial charge is 0.373 e. The van der Waals surface area contributed by atoms with Crippen LogP contribution in [0.2, 0.25) is 0 Å². The van der Waals surface area contributed by atoms with E-state index < -0.39 is 0 Å². The van der Waals surface area contributed by atoms with Crippen LogP contribution >= 0.6 is 22.6 Å². The van der Waals surface area contributed by atoms with E-state index in [2.05, 4.69) is 15.1 Å². The Bertz CT molecular complexity index is 477. The average Bonchev–Trinajstić information content (AvgIpc) is 2.45. The highest BCUT2D eigenvalue weighted by molar-refractivity contribution is 14.1. The van der Waals surface area contributed by atoms with Crippen LogP contribution in [0, 0.1) is 13.7 Å². The van der Waals surface area contributed by atoms with Gasteiger partial charge >= 0.3 is 0 Å². The Kier molecular flexibility index (Phi) is 5.55. The molecule has 0 amide bonds. The van der Waals surface area contributed by atoms with Gasteiger partial charge in [0.25, 0.3) is 5.69 Å². The normalized spacial score (nSPS) is 16.1. The minimum atomic E-state index is -0.341. The highest BCUT2D eigenvalue weighted by Crippen LogP contribution is 2.25. The van der Waals surface area contributed by atoms with Gasteiger partial charge in [0.05, 0.1) is 8.49 Å². The van der Waals surface area contributed by atoms with Crippen LogP contribution in [0.1, 0.15) is 0 Å². The number of nitrogens with one attached hydrogen (secondary N) is 1. The monoisotopic (exact) mass is 390 g/mol. The molecular weight excluding hydrogens is 371 g/mol. The molecule has 1 aliphatic rings. The molecule has 0 bridgehead atoms. The second kappa shape index (κ2) is 7.19. The van der Waals surface area contributed by atoms with E-state index in [-0.39, 0.29) is 10.6 Å². The molecule has 0 saturated carbocycles. The third kappa shape index (κ3) is 4.03. The van der Waals surface area contributed by atoms with E-state index >= 15 is 0 Å². The van der Waals surface area contributed by atoms with Crippen molar-refractivity contribution in [1.82, 2.24) is 10.2 Å². The number of likely N-dealkylation sites (N-methyl/N-ethyl adjacent to an activating group) is 1. The van der Waals surface area contributed by atoms with Gasteiger partial charge in [-0.1, -0.05) is 0 Å². The van der Waals surface area contributed by atoms with Crippen LogP contribution in [0.4, 0.5) is 11.4 Å². The number of halogens is 1. The smallest absolute Gasteiger partial charge is 0.282 e. The maximum Gasteiger partial charge on any atom is 0.282 e. The molecular formula is C13H19IN4O2. The fraction of sp³-hybridized carbons (Fsp3) is 0.538. The number of hydrogen-bond acceptors (Lipinski definition) is 5. The van der Waals surface area contributed by atoms with Crippen LogP contribution in [-0.2, 0) is 0 Å². The van der Waals surface area contributed by atoms with Crippen LogP contribution in [0.25, 0.3) is 0 Å². The molecule has 1 N–H and O–H groups in total. The summed E-state index contributed by atoms with van der Waals surface area (Å²) in [4.78, 5) is 15.0. The summed E-state index contributed by atoms with van der Waals surface area (Å²) in [6, 6.07) is 5.27. The van der Waals surface area contributed by atoms with Crippen molar-refractivity contribution in [2.24, 2.45) is 0 Å². The standard InChI is InChI=1S/C13H19IN4O2/c1-16(8-9-17-6-4-15-5-7-17)11-2-3-13(18(19)20)12(14)10-11/h2-3,10,15H,4-9H2,1H3. The van der Waals surface area contributed by atoms with Gasteiger partial charge in [-0.3, -0.25) is 15.0 Å². The number of rotatable bonds is 5. The molecule has 1 fully saturated rings. The van der Waals surface area contributed by atoms with Crippen LogP contribution < -0.4 is 10.2 Å². The summed E-state index contributed by atoms with van der Waals surface area (Å²) in [7, 11) is 2.03. The maximum atomic E-state index is 10.8. The zero-order valence-corrected chi connectivity index (χ0v) is 13.7. The summed E-state index contributed by atoms with van der Waals surface area (Å²) in [6.07, 6.45) is 0. The molecule has 7 heteroatoms. The van der Waals surface area contributed by atoms with Crippen molar-refractivity contribution in [1.29, 1.82) is 0 Å². The van der Waals surface area contributed by atoms with Gasteiger partial charge in [-0.25, -0.2) is 0 Å². The molecule has 0 aliphatic carbocycles. The van der Waals surface area contributed by atoms with Crippen molar-refractivity contribution >= 4 is 34.0 Å². The Morgan fingerprint density at radius 2 is 2.15 bits per heavy atom. The van der Waals surface area contributed by atoms with Gasteiger partial charge < -0.3 is 10.2 Å². The van der Waals surface area contributed by atoms with Gasteiger partial charge in [0, 0.05) is 58.1 Å². The molecule has 1 heterocycles. The Balaban J connectivity index is 1.93. The molecule has 1 aromatic rings. The van der Waals surface area contributed by atoms with E-state index in [1.165, 1.54) is 0 Å². The van der Waals surface area contributed by atoms with E-state index in [9.17, 15) is 10.1 Å². The zero-order valence-electron chi connectivity index (χ0n) is 11.5. The summed E-state index contributed by atoms with van der Waals surface area (Å²) in [5.74, 6) is 0. The number of benzene rings is 1. The quantitative estimate of drug-likeness (QED) is 0.470. The predicted octanol–water partition coefficient (Wildman–Crippen LogP) is 1.54. The lowest BCUT2D eigenvalue weighted by Crippen LogP contribution is -2.46. The molecule has 2 rings (SSSR count). The summed E-state index contributed by atoms with van der Waals surface area (Å²) < 4.78 is 0.680. The first-order chi connectivity index (χ1) is 9.58. The maximum absolute atomic E-state index is 10.8. The summed E-state index contributed by atoms with van der Waals surface area (Å²) >= 11 is 2.02. The second-order valence-electron chi connectivity index (χ2n) is 4.91. The first-order valence-corrected chi connectivity index (χ1v) is 7.74. The highest BCUT2D eigenvalue weighted by atomic mass is 127. The van der Waals surface area contributed by atoms with Crippen LogP contribution in [0.3, 0.4) is 0 Å². The lowest BCUT2D eigenvalue weighted by molar-refractivity contribution is -0.385. The number of nitro groups is 1. The van der Waals surface area contributed by atoms with E-state index in [0.29, 0.717) is 3.57 Å². The van der Waals surface area contributed by atoms with Gasteiger partial charge in [0.15, 0.2) is 0 Å². The van der Waals surface area contributed by atoms with Crippen molar-refractivity contribution < 1.29 is 4.92 Å². The van der Waals surface area contributed by atoms with Crippen molar-refractivity contribution in [3.05, 3.63) is 31.9 Å². The van der Waals surface area contributed by atoms with Crippen molar-refractivity contribution in [3.63, 3.8) is 0 Å². The SMILES string of the molecule is CN(CCN1CCNCC1)c1ccc([N+](=O)[O-])c(I)c1. The third-order valence-corrected chi connectivity index (χ3v) is 4.39. The van der Waals surface area contributed by atoms with E-state index in [0.717, 1.165) is 45.0 Å². The van der Waals surface area contributed by atoms with Crippen LogP contribution in [0.15, 0.2) is 18.2 Å². The van der Waals surface area contributed by atoms with Gasteiger partial charge in [-0.15, -0.1) is 0 Å². The second-order valence-corrected chi connectivity index (χ2v) is 6.07. The first kappa shape index (κ1) is 15.5. The molecule has 6 nitrogen and oxygen atoms in total. The first-order valence-electron chi connectivity index (χ1n) is 6.66. The van der Waals surface area contributed by atoms with Gasteiger partial charge in [0.2, 0.25) is 0 Å². The number of hydrogen-bond donors (Lipinski definition) is 1. The molecule has 0 spiro atoms. The lowest BCUT2D eigenvalue weighted by Gasteiger charge is -2.29. The molecule has 0 atom stereocenters. The third-order valence-electron chi connectivity index (χ3n) is 3.53.